The fourth-order valence-electron chi connectivity index (χ4n) is 2.62. The Morgan fingerprint density at radius 1 is 1.43 bits per heavy atom. The zero-order valence-corrected chi connectivity index (χ0v) is 12.8. The summed E-state index contributed by atoms with van der Waals surface area (Å²) >= 11 is 0. The standard InChI is InChI=1S/C14H18N4O2S/c1-17(21(19,20)13-5-6-13)8-11-9-18(10-11)14-4-2-3-12(7-15)16-14/h2-4,11,13H,5-6,8-10H2,1H3. The van der Waals surface area contributed by atoms with Gasteiger partial charge in [0.25, 0.3) is 0 Å². The first-order chi connectivity index (χ1) is 10.0. The van der Waals surface area contributed by atoms with E-state index in [1.54, 1.807) is 13.1 Å². The van der Waals surface area contributed by atoms with Crippen LogP contribution in [0.15, 0.2) is 18.2 Å². The third kappa shape index (κ3) is 2.87. The number of pyridine rings is 1. The van der Waals surface area contributed by atoms with Gasteiger partial charge in [-0.1, -0.05) is 6.07 Å². The molecule has 0 radical (unpaired) electrons. The summed E-state index contributed by atoms with van der Waals surface area (Å²) in [6, 6.07) is 7.40. The van der Waals surface area contributed by atoms with Crippen LogP contribution in [0, 0.1) is 17.2 Å². The van der Waals surface area contributed by atoms with E-state index in [1.807, 2.05) is 18.2 Å². The monoisotopic (exact) mass is 306 g/mol. The Labute approximate surface area is 125 Å². The molecule has 112 valence electrons. The Morgan fingerprint density at radius 3 is 2.76 bits per heavy atom. The minimum atomic E-state index is -3.07. The molecule has 1 aromatic rings. The van der Waals surface area contributed by atoms with Gasteiger partial charge in [-0.25, -0.2) is 17.7 Å². The molecular weight excluding hydrogens is 288 g/mol. The number of hydrogen-bond donors (Lipinski definition) is 0. The van der Waals surface area contributed by atoms with Crippen LogP contribution in [0.1, 0.15) is 18.5 Å². The first kappa shape index (κ1) is 14.3. The van der Waals surface area contributed by atoms with Gasteiger partial charge in [0.05, 0.1) is 5.25 Å². The number of rotatable bonds is 5. The maximum absolute atomic E-state index is 12.1. The summed E-state index contributed by atoms with van der Waals surface area (Å²) in [4.78, 5) is 6.32. The molecule has 0 atom stereocenters. The van der Waals surface area contributed by atoms with Crippen molar-refractivity contribution in [3.05, 3.63) is 23.9 Å². The highest BCUT2D eigenvalue weighted by Gasteiger charge is 2.40. The van der Waals surface area contributed by atoms with Crippen molar-refractivity contribution in [3.8, 4) is 6.07 Å². The lowest BCUT2D eigenvalue weighted by molar-refractivity contribution is 0.325. The highest BCUT2D eigenvalue weighted by atomic mass is 32.2. The lowest BCUT2D eigenvalue weighted by Crippen LogP contribution is -2.52. The first-order valence-corrected chi connectivity index (χ1v) is 8.58. The predicted molar refractivity (Wildman–Crippen MR) is 79.2 cm³/mol. The lowest BCUT2D eigenvalue weighted by Gasteiger charge is -2.41. The summed E-state index contributed by atoms with van der Waals surface area (Å²) in [5.74, 6) is 1.12. The quantitative estimate of drug-likeness (QED) is 0.804. The van der Waals surface area contributed by atoms with Crippen molar-refractivity contribution in [2.45, 2.75) is 18.1 Å². The van der Waals surface area contributed by atoms with E-state index < -0.39 is 10.0 Å². The van der Waals surface area contributed by atoms with Crippen LogP contribution in [0.3, 0.4) is 0 Å². The summed E-state index contributed by atoms with van der Waals surface area (Å²) in [5.41, 5.74) is 0.407. The van der Waals surface area contributed by atoms with Crippen molar-refractivity contribution in [1.82, 2.24) is 9.29 Å². The van der Waals surface area contributed by atoms with Crippen LogP contribution in [-0.2, 0) is 10.0 Å². The van der Waals surface area contributed by atoms with Crippen molar-refractivity contribution in [1.29, 1.82) is 5.26 Å². The third-order valence-electron chi connectivity index (χ3n) is 4.03. The Bertz CT molecular complexity index is 672. The summed E-state index contributed by atoms with van der Waals surface area (Å²) in [7, 11) is -1.40. The van der Waals surface area contributed by atoms with Crippen molar-refractivity contribution in [2.75, 3.05) is 31.6 Å². The van der Waals surface area contributed by atoms with E-state index in [4.69, 9.17) is 5.26 Å². The molecule has 1 saturated heterocycles. The van der Waals surface area contributed by atoms with Crippen LogP contribution in [-0.4, -0.2) is 49.6 Å². The van der Waals surface area contributed by atoms with E-state index >= 15 is 0 Å². The van der Waals surface area contributed by atoms with E-state index in [2.05, 4.69) is 9.88 Å². The number of hydrogen-bond acceptors (Lipinski definition) is 5. The molecule has 0 bridgehead atoms. The normalized spacial score (nSPS) is 19.4. The van der Waals surface area contributed by atoms with E-state index in [9.17, 15) is 8.42 Å². The van der Waals surface area contributed by atoms with Gasteiger partial charge in [0.2, 0.25) is 10.0 Å². The van der Waals surface area contributed by atoms with Gasteiger partial charge in [0, 0.05) is 32.6 Å². The minimum Gasteiger partial charge on any atom is -0.356 e. The average molecular weight is 306 g/mol. The summed E-state index contributed by atoms with van der Waals surface area (Å²) < 4.78 is 25.6. The molecule has 2 aliphatic rings. The molecule has 0 spiro atoms. The summed E-state index contributed by atoms with van der Waals surface area (Å²) in [6.45, 7) is 2.13. The number of nitriles is 1. The van der Waals surface area contributed by atoms with Crippen molar-refractivity contribution < 1.29 is 8.42 Å². The zero-order chi connectivity index (χ0) is 15.0. The van der Waals surface area contributed by atoms with Gasteiger partial charge in [-0.3, -0.25) is 0 Å². The lowest BCUT2D eigenvalue weighted by atomic mass is 10.0. The molecular formula is C14H18N4O2S. The van der Waals surface area contributed by atoms with E-state index in [-0.39, 0.29) is 5.25 Å². The van der Waals surface area contributed by atoms with Crippen LogP contribution < -0.4 is 4.90 Å². The fraction of sp³-hybridized carbons (Fsp3) is 0.571. The van der Waals surface area contributed by atoms with E-state index in [0.717, 1.165) is 31.7 Å². The molecule has 2 heterocycles. The minimum absolute atomic E-state index is 0.146. The van der Waals surface area contributed by atoms with Gasteiger partial charge in [0.1, 0.15) is 17.6 Å². The number of aromatic nitrogens is 1. The zero-order valence-electron chi connectivity index (χ0n) is 11.9. The number of anilines is 1. The Morgan fingerprint density at radius 2 is 2.14 bits per heavy atom. The van der Waals surface area contributed by atoms with Crippen molar-refractivity contribution in [3.63, 3.8) is 0 Å². The molecule has 0 aromatic carbocycles. The molecule has 0 N–H and O–H groups in total. The second kappa shape index (κ2) is 5.28. The van der Waals surface area contributed by atoms with E-state index in [0.29, 0.717) is 18.2 Å². The smallest absolute Gasteiger partial charge is 0.216 e. The summed E-state index contributed by atoms with van der Waals surface area (Å²) in [6.07, 6.45) is 1.60. The fourth-order valence-corrected chi connectivity index (χ4v) is 4.28. The first-order valence-electron chi connectivity index (χ1n) is 7.08. The van der Waals surface area contributed by atoms with Crippen LogP contribution >= 0.6 is 0 Å². The predicted octanol–water partition coefficient (Wildman–Crippen LogP) is 0.813. The average Bonchev–Trinajstić information content (AvgIpc) is 3.26. The topological polar surface area (TPSA) is 77.3 Å². The van der Waals surface area contributed by atoms with Crippen molar-refractivity contribution >= 4 is 15.8 Å². The van der Waals surface area contributed by atoms with Gasteiger partial charge in [0.15, 0.2) is 0 Å². The van der Waals surface area contributed by atoms with Crippen molar-refractivity contribution in [2.24, 2.45) is 5.92 Å². The van der Waals surface area contributed by atoms with Gasteiger partial charge < -0.3 is 4.90 Å². The molecule has 1 aliphatic carbocycles. The largest absolute Gasteiger partial charge is 0.356 e. The van der Waals surface area contributed by atoms with Crippen LogP contribution in [0.4, 0.5) is 5.82 Å². The van der Waals surface area contributed by atoms with Crippen LogP contribution in [0.5, 0.6) is 0 Å². The maximum atomic E-state index is 12.1. The Hall–Kier alpha value is -1.65. The van der Waals surface area contributed by atoms with E-state index in [1.165, 1.54) is 4.31 Å². The number of nitrogens with zero attached hydrogens (tertiary/aromatic N) is 4. The number of sulfonamides is 1. The van der Waals surface area contributed by atoms with Gasteiger partial charge in [-0.05, 0) is 25.0 Å². The highest BCUT2D eigenvalue weighted by molar-refractivity contribution is 7.90. The highest BCUT2D eigenvalue weighted by Crippen LogP contribution is 2.31. The Balaban J connectivity index is 1.55. The molecule has 2 fully saturated rings. The van der Waals surface area contributed by atoms with Gasteiger partial charge in [-0.2, -0.15) is 5.26 Å². The van der Waals surface area contributed by atoms with Crippen LogP contribution in [0.2, 0.25) is 0 Å². The molecule has 0 unspecified atom stereocenters. The summed E-state index contributed by atoms with van der Waals surface area (Å²) in [5, 5.41) is 8.70. The SMILES string of the molecule is CN(CC1CN(c2cccc(C#N)n2)C1)S(=O)(=O)C1CC1. The molecule has 7 heteroatoms. The Kier molecular flexibility index (Phi) is 3.59. The molecule has 1 saturated carbocycles. The second-order valence-corrected chi connectivity index (χ2v) is 8.11. The molecule has 1 aromatic heterocycles. The third-order valence-corrected chi connectivity index (χ3v) is 6.36. The maximum Gasteiger partial charge on any atom is 0.216 e. The molecule has 1 aliphatic heterocycles. The molecule has 6 nitrogen and oxygen atoms in total. The molecule has 3 rings (SSSR count). The second-order valence-electron chi connectivity index (χ2n) is 5.79. The molecule has 21 heavy (non-hydrogen) atoms. The van der Waals surface area contributed by atoms with Gasteiger partial charge in [-0.15, -0.1) is 0 Å². The van der Waals surface area contributed by atoms with Crippen LogP contribution in [0.25, 0.3) is 0 Å². The molecule has 0 amide bonds. The van der Waals surface area contributed by atoms with Gasteiger partial charge >= 0.3 is 0 Å².